The van der Waals surface area contributed by atoms with E-state index in [1.807, 2.05) is 42.5 Å². The van der Waals surface area contributed by atoms with E-state index in [0.29, 0.717) is 22.4 Å². The largest absolute Gasteiger partial charge is 0.369 e. The van der Waals surface area contributed by atoms with E-state index in [1.165, 1.54) is 17.0 Å². The second kappa shape index (κ2) is 8.37. The minimum atomic E-state index is -0.291. The third-order valence-electron chi connectivity index (χ3n) is 5.37. The summed E-state index contributed by atoms with van der Waals surface area (Å²) < 4.78 is 0. The number of carbonyl (C=O) groups is 2. The molecule has 5 rings (SSSR count). The molecule has 158 valence electrons. The van der Waals surface area contributed by atoms with Gasteiger partial charge in [-0.15, -0.1) is 0 Å². The number of rotatable bonds is 4. The third kappa shape index (κ3) is 4.23. The van der Waals surface area contributed by atoms with Gasteiger partial charge >= 0.3 is 0 Å². The Balaban J connectivity index is 1.19. The van der Waals surface area contributed by atoms with E-state index < -0.39 is 0 Å². The van der Waals surface area contributed by atoms with E-state index in [9.17, 15) is 9.59 Å². The van der Waals surface area contributed by atoms with Crippen molar-refractivity contribution in [2.75, 3.05) is 53.6 Å². The first-order valence-corrected chi connectivity index (χ1v) is 11.0. The molecule has 9 heteroatoms. The Hall–Kier alpha value is -3.43. The Morgan fingerprint density at radius 3 is 2.39 bits per heavy atom. The molecule has 2 aliphatic rings. The lowest BCUT2D eigenvalue weighted by molar-refractivity contribution is -0.117. The molecule has 3 heterocycles. The third-order valence-corrected chi connectivity index (χ3v) is 6.26. The number of fused-ring (bicyclic) bond motifs is 2. The van der Waals surface area contributed by atoms with Crippen molar-refractivity contribution in [2.45, 2.75) is 0 Å². The lowest BCUT2D eigenvalue weighted by Crippen LogP contribution is -2.48. The van der Waals surface area contributed by atoms with Gasteiger partial charge in [0, 0.05) is 31.9 Å². The SMILES string of the molecule is O=C(CN1CCN(c2ccccc2)CC1)Nc1nc2c(s1)Nc1ccccc1NC2=O. The fourth-order valence-corrected chi connectivity index (χ4v) is 4.67. The van der Waals surface area contributed by atoms with E-state index >= 15 is 0 Å². The van der Waals surface area contributed by atoms with Crippen LogP contribution in [0.3, 0.4) is 0 Å². The number of aromatic nitrogens is 1. The topological polar surface area (TPSA) is 89.6 Å². The number of nitrogens with zero attached hydrogens (tertiary/aromatic N) is 3. The molecule has 31 heavy (non-hydrogen) atoms. The van der Waals surface area contributed by atoms with Gasteiger partial charge in [-0.2, -0.15) is 0 Å². The molecule has 1 aromatic heterocycles. The van der Waals surface area contributed by atoms with Crippen LogP contribution in [-0.2, 0) is 4.79 Å². The smallest absolute Gasteiger partial charge is 0.277 e. The minimum absolute atomic E-state index is 0.127. The van der Waals surface area contributed by atoms with Crippen LogP contribution in [0.15, 0.2) is 54.6 Å². The van der Waals surface area contributed by atoms with Crippen molar-refractivity contribution in [2.24, 2.45) is 0 Å². The highest BCUT2D eigenvalue weighted by molar-refractivity contribution is 7.20. The van der Waals surface area contributed by atoms with Crippen molar-refractivity contribution in [3.63, 3.8) is 0 Å². The van der Waals surface area contributed by atoms with Crippen LogP contribution in [0.1, 0.15) is 10.5 Å². The van der Waals surface area contributed by atoms with Gasteiger partial charge in [0.1, 0.15) is 5.00 Å². The van der Waals surface area contributed by atoms with Crippen molar-refractivity contribution in [3.05, 3.63) is 60.3 Å². The molecule has 2 aromatic carbocycles. The Morgan fingerprint density at radius 2 is 1.65 bits per heavy atom. The van der Waals surface area contributed by atoms with Crippen LogP contribution in [0.4, 0.5) is 27.2 Å². The average Bonchev–Trinajstić information content (AvgIpc) is 3.12. The number of thiazole rings is 1. The molecule has 0 atom stereocenters. The summed E-state index contributed by atoms with van der Waals surface area (Å²) >= 11 is 1.26. The highest BCUT2D eigenvalue weighted by Gasteiger charge is 2.25. The maximum atomic E-state index is 12.6. The van der Waals surface area contributed by atoms with Gasteiger partial charge in [-0.25, -0.2) is 4.98 Å². The molecule has 8 nitrogen and oxygen atoms in total. The summed E-state index contributed by atoms with van der Waals surface area (Å²) in [6.07, 6.45) is 0. The number of anilines is 5. The number of benzene rings is 2. The van der Waals surface area contributed by atoms with E-state index in [1.54, 1.807) is 0 Å². The van der Waals surface area contributed by atoms with E-state index in [0.717, 1.165) is 31.9 Å². The quantitative estimate of drug-likeness (QED) is 0.584. The predicted molar refractivity (Wildman–Crippen MR) is 124 cm³/mol. The van der Waals surface area contributed by atoms with Crippen molar-refractivity contribution < 1.29 is 9.59 Å². The van der Waals surface area contributed by atoms with Gasteiger partial charge in [0.15, 0.2) is 10.8 Å². The van der Waals surface area contributed by atoms with Crippen LogP contribution in [0.25, 0.3) is 0 Å². The number of para-hydroxylation sites is 3. The van der Waals surface area contributed by atoms with Gasteiger partial charge < -0.3 is 20.9 Å². The van der Waals surface area contributed by atoms with Crippen molar-refractivity contribution in [1.82, 2.24) is 9.88 Å². The summed E-state index contributed by atoms with van der Waals surface area (Å²) in [5, 5.41) is 9.96. The normalized spacial score (nSPS) is 15.9. The van der Waals surface area contributed by atoms with Crippen LogP contribution < -0.4 is 20.9 Å². The molecule has 0 saturated carbocycles. The van der Waals surface area contributed by atoms with E-state index in [-0.39, 0.29) is 17.5 Å². The van der Waals surface area contributed by atoms with Gasteiger partial charge in [-0.3, -0.25) is 14.5 Å². The first kappa shape index (κ1) is 19.5. The predicted octanol–water partition coefficient (Wildman–Crippen LogP) is 3.21. The molecule has 0 unspecified atom stereocenters. The van der Waals surface area contributed by atoms with Crippen LogP contribution in [0, 0.1) is 0 Å². The highest BCUT2D eigenvalue weighted by atomic mass is 32.1. The van der Waals surface area contributed by atoms with E-state index in [2.05, 4.69) is 42.9 Å². The lowest BCUT2D eigenvalue weighted by Gasteiger charge is -2.35. The lowest BCUT2D eigenvalue weighted by atomic mass is 10.2. The molecule has 2 amide bonds. The molecule has 0 spiro atoms. The van der Waals surface area contributed by atoms with Gasteiger partial charge in [0.25, 0.3) is 5.91 Å². The number of hydrogen-bond donors (Lipinski definition) is 3. The number of amides is 2. The summed E-state index contributed by atoms with van der Waals surface area (Å²) in [6, 6.07) is 17.8. The summed E-state index contributed by atoms with van der Waals surface area (Å²) in [5.74, 6) is -0.417. The van der Waals surface area contributed by atoms with Gasteiger partial charge in [-0.05, 0) is 24.3 Å². The fraction of sp³-hybridized carbons (Fsp3) is 0.227. The van der Waals surface area contributed by atoms with Crippen LogP contribution in [-0.4, -0.2) is 54.4 Å². The van der Waals surface area contributed by atoms with Gasteiger partial charge in [0.2, 0.25) is 5.91 Å². The molecular weight excluding hydrogens is 412 g/mol. The monoisotopic (exact) mass is 434 g/mol. The van der Waals surface area contributed by atoms with Crippen molar-refractivity contribution in [3.8, 4) is 0 Å². The summed E-state index contributed by atoms with van der Waals surface area (Å²) in [5.41, 5.74) is 3.00. The van der Waals surface area contributed by atoms with Gasteiger partial charge in [0.05, 0.1) is 17.9 Å². The zero-order valence-corrected chi connectivity index (χ0v) is 17.6. The number of nitrogens with one attached hydrogen (secondary N) is 3. The minimum Gasteiger partial charge on any atom is -0.369 e. The van der Waals surface area contributed by atoms with Crippen molar-refractivity contribution >= 4 is 50.3 Å². The molecule has 1 fully saturated rings. The summed E-state index contributed by atoms with van der Waals surface area (Å²) in [7, 11) is 0. The zero-order chi connectivity index (χ0) is 21.2. The molecule has 2 aliphatic heterocycles. The van der Waals surface area contributed by atoms with E-state index in [4.69, 9.17) is 0 Å². The Labute approximate surface area is 183 Å². The second-order valence-corrected chi connectivity index (χ2v) is 8.47. The van der Waals surface area contributed by atoms with Gasteiger partial charge in [-0.1, -0.05) is 41.7 Å². The van der Waals surface area contributed by atoms with Crippen LogP contribution in [0.2, 0.25) is 0 Å². The first-order valence-electron chi connectivity index (χ1n) is 10.2. The standard InChI is InChI=1S/C22H22N6O2S/c29-18(14-27-10-12-28(13-11-27)15-6-2-1-3-7-15)25-22-26-19-20(30)23-16-8-4-5-9-17(16)24-21(19)31-22/h1-9,24H,10-14H2,(H,23,30)(H,25,26,29). The van der Waals surface area contributed by atoms with Crippen molar-refractivity contribution in [1.29, 1.82) is 0 Å². The molecular formula is C22H22N6O2S. The average molecular weight is 435 g/mol. The number of piperazine rings is 1. The molecule has 0 radical (unpaired) electrons. The molecule has 0 bridgehead atoms. The zero-order valence-electron chi connectivity index (χ0n) is 16.8. The first-order chi connectivity index (χ1) is 15.2. The molecule has 1 saturated heterocycles. The summed E-state index contributed by atoms with van der Waals surface area (Å²) in [6.45, 7) is 3.70. The highest BCUT2D eigenvalue weighted by Crippen LogP contribution is 2.37. The molecule has 0 aliphatic carbocycles. The van der Waals surface area contributed by atoms with Crippen LogP contribution in [0.5, 0.6) is 0 Å². The Bertz CT molecular complexity index is 1110. The number of hydrogen-bond acceptors (Lipinski definition) is 7. The Kier molecular flexibility index (Phi) is 5.27. The fourth-order valence-electron chi connectivity index (χ4n) is 3.78. The molecule has 3 N–H and O–H groups in total. The maximum Gasteiger partial charge on any atom is 0.277 e. The maximum absolute atomic E-state index is 12.6. The van der Waals surface area contributed by atoms with Crippen LogP contribution >= 0.6 is 11.3 Å². The molecule has 3 aromatic rings. The Morgan fingerprint density at radius 1 is 0.968 bits per heavy atom. The second-order valence-electron chi connectivity index (χ2n) is 7.47. The summed E-state index contributed by atoms with van der Waals surface area (Å²) in [4.78, 5) is 33.9. The number of carbonyl (C=O) groups excluding carboxylic acids is 2.